The zero-order valence-corrected chi connectivity index (χ0v) is 13.5. The fourth-order valence-electron chi connectivity index (χ4n) is 3.97. The van der Waals surface area contributed by atoms with Crippen LogP contribution in [0.5, 0.6) is 0 Å². The van der Waals surface area contributed by atoms with Crippen molar-refractivity contribution in [3.63, 3.8) is 0 Å². The first kappa shape index (κ1) is 14.9. The molecule has 0 radical (unpaired) electrons. The van der Waals surface area contributed by atoms with Crippen LogP contribution in [0.1, 0.15) is 30.0 Å². The van der Waals surface area contributed by atoms with Gasteiger partial charge in [-0.1, -0.05) is 6.07 Å². The molecule has 116 valence electrons. The number of aryl methyl sites for hydroxylation is 1. The smallest absolute Gasteiger partial charge is 0.0482 e. The predicted molar refractivity (Wildman–Crippen MR) is 86.7 cm³/mol. The maximum Gasteiger partial charge on any atom is 0.0482 e. The van der Waals surface area contributed by atoms with E-state index in [0.29, 0.717) is 18.0 Å². The van der Waals surface area contributed by atoms with Gasteiger partial charge < -0.3 is 15.1 Å². The van der Waals surface area contributed by atoms with E-state index in [1.54, 1.807) is 0 Å². The topological polar surface area (TPSA) is 31.4 Å². The van der Waals surface area contributed by atoms with Gasteiger partial charge in [-0.25, -0.2) is 0 Å². The highest BCUT2D eigenvalue weighted by atomic mass is 15.3. The van der Waals surface area contributed by atoms with Crippen molar-refractivity contribution in [2.45, 2.75) is 37.3 Å². The molecule has 1 aromatic heterocycles. The number of likely N-dealkylation sites (N-methyl/N-ethyl adjacent to an activating group) is 3. The molecule has 4 nitrogen and oxygen atoms in total. The Morgan fingerprint density at radius 2 is 2.24 bits per heavy atom. The molecule has 21 heavy (non-hydrogen) atoms. The minimum Gasteiger partial charge on any atom is -0.316 e. The van der Waals surface area contributed by atoms with Crippen LogP contribution in [0.2, 0.25) is 0 Å². The third-order valence-corrected chi connectivity index (χ3v) is 5.36. The van der Waals surface area contributed by atoms with E-state index in [1.807, 2.05) is 6.20 Å². The second-order valence-electron chi connectivity index (χ2n) is 6.72. The fourth-order valence-corrected chi connectivity index (χ4v) is 3.97. The summed E-state index contributed by atoms with van der Waals surface area (Å²) < 4.78 is 0. The van der Waals surface area contributed by atoms with Gasteiger partial charge in [-0.3, -0.25) is 4.98 Å². The highest BCUT2D eigenvalue weighted by Gasteiger charge is 2.33. The van der Waals surface area contributed by atoms with Crippen LogP contribution in [-0.2, 0) is 6.42 Å². The summed E-state index contributed by atoms with van der Waals surface area (Å²) in [5, 5.41) is 3.58. The molecular weight excluding hydrogens is 260 g/mol. The van der Waals surface area contributed by atoms with Gasteiger partial charge in [-0.15, -0.1) is 0 Å². The summed E-state index contributed by atoms with van der Waals surface area (Å²) in [5.74, 6) is 0.576. The van der Waals surface area contributed by atoms with Gasteiger partial charge >= 0.3 is 0 Å². The molecular formula is C17H28N4. The van der Waals surface area contributed by atoms with E-state index in [2.05, 4.69) is 53.4 Å². The first-order chi connectivity index (χ1) is 10.2. The summed E-state index contributed by atoms with van der Waals surface area (Å²) in [7, 11) is 6.62. The van der Waals surface area contributed by atoms with E-state index in [1.165, 1.54) is 50.2 Å². The largest absolute Gasteiger partial charge is 0.316 e. The van der Waals surface area contributed by atoms with E-state index < -0.39 is 0 Å². The molecule has 1 saturated heterocycles. The third kappa shape index (κ3) is 3.12. The Hall–Kier alpha value is -0.970. The fraction of sp³-hybridized carbons (Fsp3) is 0.706. The summed E-state index contributed by atoms with van der Waals surface area (Å²) in [6.07, 6.45) is 5.58. The molecule has 1 aliphatic carbocycles. The normalized spacial score (nSPS) is 28.5. The first-order valence-electron chi connectivity index (χ1n) is 8.19. The van der Waals surface area contributed by atoms with Crippen LogP contribution in [0.15, 0.2) is 18.3 Å². The Morgan fingerprint density at radius 3 is 3.05 bits per heavy atom. The Balaban J connectivity index is 1.71. The van der Waals surface area contributed by atoms with Gasteiger partial charge in [-0.05, 0) is 52.0 Å². The minimum atomic E-state index is 0.528. The molecule has 1 aromatic rings. The number of aromatic nitrogens is 1. The molecule has 1 N–H and O–H groups in total. The van der Waals surface area contributed by atoms with Gasteiger partial charge in [0.15, 0.2) is 0 Å². The van der Waals surface area contributed by atoms with E-state index in [0.717, 1.165) is 0 Å². The minimum absolute atomic E-state index is 0.528. The molecule has 3 rings (SSSR count). The number of pyridine rings is 1. The van der Waals surface area contributed by atoms with E-state index in [4.69, 9.17) is 0 Å². The zero-order valence-electron chi connectivity index (χ0n) is 13.5. The van der Waals surface area contributed by atoms with Crippen molar-refractivity contribution in [2.24, 2.45) is 0 Å². The van der Waals surface area contributed by atoms with Crippen LogP contribution in [0.25, 0.3) is 0 Å². The molecule has 0 amide bonds. The second-order valence-corrected chi connectivity index (χ2v) is 6.72. The molecule has 0 saturated carbocycles. The third-order valence-electron chi connectivity index (χ3n) is 5.36. The van der Waals surface area contributed by atoms with Crippen molar-refractivity contribution in [1.29, 1.82) is 0 Å². The Morgan fingerprint density at radius 1 is 1.38 bits per heavy atom. The highest BCUT2D eigenvalue weighted by molar-refractivity contribution is 5.30. The summed E-state index contributed by atoms with van der Waals surface area (Å²) in [6, 6.07) is 5.49. The van der Waals surface area contributed by atoms with E-state index >= 15 is 0 Å². The van der Waals surface area contributed by atoms with Gasteiger partial charge in [-0.2, -0.15) is 0 Å². The molecule has 1 aliphatic heterocycles. The monoisotopic (exact) mass is 288 g/mol. The summed E-state index contributed by atoms with van der Waals surface area (Å²) >= 11 is 0. The average Bonchev–Trinajstić information content (AvgIpc) is 2.92. The molecule has 2 aliphatic rings. The van der Waals surface area contributed by atoms with Gasteiger partial charge in [0, 0.05) is 49.5 Å². The Kier molecular flexibility index (Phi) is 4.57. The molecule has 3 atom stereocenters. The van der Waals surface area contributed by atoms with E-state index in [9.17, 15) is 0 Å². The lowest BCUT2D eigenvalue weighted by molar-refractivity contribution is 0.0988. The molecule has 0 bridgehead atoms. The highest BCUT2D eigenvalue weighted by Crippen LogP contribution is 2.35. The first-order valence-corrected chi connectivity index (χ1v) is 8.19. The SMILES string of the molecule is CNC(CC1CN(C)CCN1C)C1CCc2cccnc21. The molecule has 4 heteroatoms. The van der Waals surface area contributed by atoms with Gasteiger partial charge in [0.2, 0.25) is 0 Å². The van der Waals surface area contributed by atoms with Crippen LogP contribution in [0, 0.1) is 0 Å². The van der Waals surface area contributed by atoms with Gasteiger partial charge in [0.25, 0.3) is 0 Å². The van der Waals surface area contributed by atoms with Crippen molar-refractivity contribution in [1.82, 2.24) is 20.1 Å². The van der Waals surface area contributed by atoms with Crippen LogP contribution in [-0.4, -0.2) is 67.6 Å². The van der Waals surface area contributed by atoms with Crippen molar-refractivity contribution in [3.8, 4) is 0 Å². The summed E-state index contributed by atoms with van der Waals surface area (Å²) in [6.45, 7) is 3.54. The lowest BCUT2D eigenvalue weighted by Gasteiger charge is -2.40. The Labute approximate surface area is 128 Å². The van der Waals surface area contributed by atoms with Crippen LogP contribution in [0.4, 0.5) is 0 Å². The molecule has 3 unspecified atom stereocenters. The molecule has 0 aromatic carbocycles. The van der Waals surface area contributed by atoms with Crippen LogP contribution >= 0.6 is 0 Å². The number of nitrogens with zero attached hydrogens (tertiary/aromatic N) is 3. The molecule has 1 fully saturated rings. The lowest BCUT2D eigenvalue weighted by Crippen LogP contribution is -2.52. The van der Waals surface area contributed by atoms with Crippen molar-refractivity contribution >= 4 is 0 Å². The van der Waals surface area contributed by atoms with E-state index in [-0.39, 0.29) is 0 Å². The summed E-state index contributed by atoms with van der Waals surface area (Å²) in [4.78, 5) is 9.66. The average molecular weight is 288 g/mol. The van der Waals surface area contributed by atoms with Crippen LogP contribution < -0.4 is 5.32 Å². The number of hydrogen-bond acceptors (Lipinski definition) is 4. The van der Waals surface area contributed by atoms with Crippen molar-refractivity contribution in [3.05, 3.63) is 29.6 Å². The molecule has 2 heterocycles. The number of piperazine rings is 1. The van der Waals surface area contributed by atoms with Gasteiger partial charge in [0.05, 0.1) is 0 Å². The number of rotatable bonds is 4. The Bertz CT molecular complexity index is 476. The van der Waals surface area contributed by atoms with Crippen molar-refractivity contribution in [2.75, 3.05) is 40.8 Å². The molecule has 0 spiro atoms. The maximum atomic E-state index is 4.67. The lowest BCUT2D eigenvalue weighted by atomic mass is 9.90. The predicted octanol–water partition coefficient (Wildman–Crippen LogP) is 1.34. The number of nitrogens with one attached hydrogen (secondary N) is 1. The quantitative estimate of drug-likeness (QED) is 0.906. The van der Waals surface area contributed by atoms with Crippen LogP contribution in [0.3, 0.4) is 0 Å². The second kappa shape index (κ2) is 6.42. The standard InChI is InChI=1S/C17H28N4/c1-18-16(11-14-12-20(2)9-10-21(14)3)15-7-6-13-5-4-8-19-17(13)15/h4-5,8,14-16,18H,6-7,9-12H2,1-3H3. The number of fused-ring (bicyclic) bond motifs is 1. The summed E-state index contributed by atoms with van der Waals surface area (Å²) in [5.41, 5.74) is 2.79. The maximum absolute atomic E-state index is 4.67. The number of hydrogen-bond donors (Lipinski definition) is 1. The zero-order chi connectivity index (χ0) is 14.8. The van der Waals surface area contributed by atoms with Crippen molar-refractivity contribution < 1.29 is 0 Å². The van der Waals surface area contributed by atoms with Gasteiger partial charge in [0.1, 0.15) is 0 Å².